The Morgan fingerprint density at radius 1 is 0.191 bits per heavy atom. The number of fused-ring (bicyclic) bond motifs is 11. The van der Waals surface area contributed by atoms with Crippen LogP contribution >= 0.6 is 0 Å². The number of hydrogen-bond donors (Lipinski definition) is 0. The molecule has 110 heavy (non-hydrogen) atoms. The Bertz CT molecular complexity index is 6710. The first-order chi connectivity index (χ1) is 54.6. The van der Waals surface area contributed by atoms with Crippen molar-refractivity contribution in [1.82, 2.24) is 0 Å². The standard InChI is InChI=1S/C106H67BN2O/c1-5-27-74(28-6-1)102-84-35-17-13-23-68(84)45-56-88(102)72-41-52-82(53-42-72)108-96-60-49-79(90-58-47-70-25-15-19-37-86(70)104(90)76-31-9-3-10-32-76)64-94(96)107-95-65-80(91-59-48-71-26-16-20-38-87(71)105(91)77-33-11-4-12-34-77)50-61-97(95)109(99-67-81(66-98(108)106(99)107)78-51-62-101-93(63-78)92-39-21-22-40-100(92)110-101)83-54-43-73(44-55-83)89-57-46-69-24-14-18-36-85(69)103(89)75-29-7-2-8-30-75/h1-67H. The van der Waals surface area contributed by atoms with Gasteiger partial charge in [-0.15, -0.1) is 0 Å². The monoisotopic (exact) mass is 1390 g/mol. The van der Waals surface area contributed by atoms with Crippen molar-refractivity contribution in [2.75, 3.05) is 9.80 Å². The zero-order chi connectivity index (χ0) is 72.3. The number of nitrogens with zero attached hydrogens (tertiary/aromatic N) is 2. The largest absolute Gasteiger partial charge is 0.456 e. The summed E-state index contributed by atoms with van der Waals surface area (Å²) in [6, 6.07) is 151. The van der Waals surface area contributed by atoms with E-state index >= 15 is 0 Å². The number of furan rings is 1. The first kappa shape index (κ1) is 63.0. The molecule has 4 heteroatoms. The molecule has 3 nitrogen and oxygen atoms in total. The molecule has 0 radical (unpaired) electrons. The van der Waals surface area contributed by atoms with E-state index in [9.17, 15) is 0 Å². The Hall–Kier alpha value is -14.3. The molecule has 2 aliphatic heterocycles. The highest BCUT2D eigenvalue weighted by Crippen LogP contribution is 2.51. The lowest BCUT2D eigenvalue weighted by molar-refractivity contribution is 0.669. The lowest BCUT2D eigenvalue weighted by Crippen LogP contribution is -2.61. The van der Waals surface area contributed by atoms with Crippen molar-refractivity contribution < 1.29 is 4.42 Å². The third-order valence-electron chi connectivity index (χ3n) is 23.2. The molecule has 3 heterocycles. The Kier molecular flexibility index (Phi) is 14.7. The molecule has 0 bridgehead atoms. The molecule has 20 aromatic rings. The average molecular weight is 1400 g/mol. The van der Waals surface area contributed by atoms with Crippen molar-refractivity contribution in [1.29, 1.82) is 0 Å². The summed E-state index contributed by atoms with van der Waals surface area (Å²) in [4.78, 5) is 5.17. The molecule has 0 saturated heterocycles. The molecule has 0 saturated carbocycles. The Labute approximate surface area is 638 Å². The van der Waals surface area contributed by atoms with Gasteiger partial charge in [-0.2, -0.15) is 0 Å². The van der Waals surface area contributed by atoms with Crippen molar-refractivity contribution in [3.63, 3.8) is 0 Å². The minimum Gasteiger partial charge on any atom is -0.456 e. The second-order valence-corrected chi connectivity index (χ2v) is 29.3. The van der Waals surface area contributed by atoms with Gasteiger partial charge >= 0.3 is 0 Å². The summed E-state index contributed by atoms with van der Waals surface area (Å²) < 4.78 is 6.59. The van der Waals surface area contributed by atoms with E-state index in [1.54, 1.807) is 0 Å². The van der Waals surface area contributed by atoms with E-state index in [1.807, 2.05) is 0 Å². The number of benzene rings is 19. The van der Waals surface area contributed by atoms with Crippen molar-refractivity contribution in [3.8, 4) is 100 Å². The maximum atomic E-state index is 6.59. The number of hydrogen-bond acceptors (Lipinski definition) is 3. The summed E-state index contributed by atoms with van der Waals surface area (Å²) in [5.74, 6) is 0. The van der Waals surface area contributed by atoms with E-state index in [0.717, 1.165) is 89.4 Å². The molecule has 22 rings (SSSR count). The first-order valence-electron chi connectivity index (χ1n) is 38.0. The van der Waals surface area contributed by atoms with Gasteiger partial charge in [0.15, 0.2) is 0 Å². The molecule has 0 atom stereocenters. The maximum Gasteiger partial charge on any atom is 0.252 e. The summed E-state index contributed by atoms with van der Waals surface area (Å²) in [5, 5.41) is 11.9. The van der Waals surface area contributed by atoms with Crippen LogP contribution in [0.1, 0.15) is 0 Å². The van der Waals surface area contributed by atoms with E-state index in [-0.39, 0.29) is 6.71 Å². The fourth-order valence-corrected chi connectivity index (χ4v) is 18.3. The molecular formula is C106H67BN2O. The maximum absolute atomic E-state index is 6.59. The van der Waals surface area contributed by atoms with Crippen LogP contribution in [0.5, 0.6) is 0 Å². The van der Waals surface area contributed by atoms with Crippen molar-refractivity contribution >= 4 is 122 Å². The van der Waals surface area contributed by atoms with Crippen LogP contribution in [0.15, 0.2) is 411 Å². The van der Waals surface area contributed by atoms with Crippen molar-refractivity contribution in [2.45, 2.75) is 0 Å². The molecule has 0 N–H and O–H groups in total. The molecule has 0 fully saturated rings. The molecule has 19 aromatic carbocycles. The summed E-state index contributed by atoms with van der Waals surface area (Å²) in [7, 11) is 0. The van der Waals surface area contributed by atoms with Gasteiger partial charge in [0.05, 0.1) is 0 Å². The van der Waals surface area contributed by atoms with Gasteiger partial charge in [-0.25, -0.2) is 0 Å². The Morgan fingerprint density at radius 2 is 0.509 bits per heavy atom. The van der Waals surface area contributed by atoms with Gasteiger partial charge in [0.2, 0.25) is 0 Å². The van der Waals surface area contributed by atoms with Gasteiger partial charge in [0, 0.05) is 44.9 Å². The second kappa shape index (κ2) is 25.7. The van der Waals surface area contributed by atoms with Gasteiger partial charge in [-0.1, -0.05) is 340 Å². The molecular weight excluding hydrogens is 1330 g/mol. The highest BCUT2D eigenvalue weighted by atomic mass is 16.3. The van der Waals surface area contributed by atoms with E-state index in [2.05, 4.69) is 416 Å². The Morgan fingerprint density at radius 3 is 0.900 bits per heavy atom. The van der Waals surface area contributed by atoms with Crippen LogP contribution in [0.25, 0.3) is 165 Å². The van der Waals surface area contributed by atoms with E-state index in [0.29, 0.717) is 0 Å². The highest BCUT2D eigenvalue weighted by Gasteiger charge is 2.44. The van der Waals surface area contributed by atoms with E-state index in [4.69, 9.17) is 4.42 Å². The SMILES string of the molecule is c1ccc(-c2c(-c3ccc(N4c5ccc(-c6ccc7ccccc7c6-c6ccccc6)cc5B5c6cc(-c7ccc8ccccc8c7-c7ccccc7)ccc6N(c6ccc(-c7ccc8ccccc8c7-c7ccccc7)cc6)c6cc(-c7ccc8oc9ccccc9c8c7)cc4c65)cc3)ccc3ccccc23)cc1. The smallest absolute Gasteiger partial charge is 0.252 e. The van der Waals surface area contributed by atoms with Crippen LogP contribution in [0.3, 0.4) is 0 Å². The van der Waals surface area contributed by atoms with Gasteiger partial charge in [-0.05, 0) is 226 Å². The van der Waals surface area contributed by atoms with Crippen LogP contribution < -0.4 is 26.2 Å². The molecule has 510 valence electrons. The first-order valence-corrected chi connectivity index (χ1v) is 38.0. The highest BCUT2D eigenvalue weighted by molar-refractivity contribution is 7.00. The number of rotatable bonds is 11. The third-order valence-corrected chi connectivity index (χ3v) is 23.2. The number of para-hydroxylation sites is 1. The fourth-order valence-electron chi connectivity index (χ4n) is 18.3. The van der Waals surface area contributed by atoms with Crippen LogP contribution in [0, 0.1) is 0 Å². The van der Waals surface area contributed by atoms with E-state index < -0.39 is 0 Å². The number of anilines is 6. The van der Waals surface area contributed by atoms with Gasteiger partial charge in [0.25, 0.3) is 6.71 Å². The summed E-state index contributed by atoms with van der Waals surface area (Å²) in [6.45, 7) is -0.274. The predicted octanol–water partition coefficient (Wildman–Crippen LogP) is 27.3. The quantitative estimate of drug-likeness (QED) is 0.120. The molecule has 0 amide bonds. The topological polar surface area (TPSA) is 19.6 Å². The fraction of sp³-hybridized carbons (Fsp3) is 0. The lowest BCUT2D eigenvalue weighted by atomic mass is 9.33. The average Bonchev–Trinajstić information content (AvgIpc) is 0.828. The molecule has 0 unspecified atom stereocenters. The van der Waals surface area contributed by atoms with Crippen LogP contribution in [-0.4, -0.2) is 6.71 Å². The lowest BCUT2D eigenvalue weighted by Gasteiger charge is -2.45. The van der Waals surface area contributed by atoms with E-state index in [1.165, 1.54) is 126 Å². The van der Waals surface area contributed by atoms with Crippen LogP contribution in [0.4, 0.5) is 34.1 Å². The van der Waals surface area contributed by atoms with Crippen molar-refractivity contribution in [3.05, 3.63) is 406 Å². The summed E-state index contributed by atoms with van der Waals surface area (Å²) >= 11 is 0. The third kappa shape index (κ3) is 10.3. The second-order valence-electron chi connectivity index (χ2n) is 29.3. The van der Waals surface area contributed by atoms with Gasteiger partial charge in [0.1, 0.15) is 11.2 Å². The molecule has 0 aliphatic carbocycles. The molecule has 2 aliphatic rings. The molecule has 0 spiro atoms. The summed E-state index contributed by atoms with van der Waals surface area (Å²) in [6.07, 6.45) is 0. The summed E-state index contributed by atoms with van der Waals surface area (Å²) in [5.41, 5.74) is 33.0. The van der Waals surface area contributed by atoms with Crippen molar-refractivity contribution in [2.24, 2.45) is 0 Å². The predicted molar refractivity (Wildman–Crippen MR) is 467 cm³/mol. The Balaban J connectivity index is 0.831. The van der Waals surface area contributed by atoms with Gasteiger partial charge in [-0.3, -0.25) is 0 Å². The zero-order valence-corrected chi connectivity index (χ0v) is 60.1. The van der Waals surface area contributed by atoms with Gasteiger partial charge < -0.3 is 14.2 Å². The molecule has 1 aromatic heterocycles. The minimum absolute atomic E-state index is 0.274. The normalized spacial score (nSPS) is 12.3. The van der Waals surface area contributed by atoms with Crippen LogP contribution in [0.2, 0.25) is 0 Å². The zero-order valence-electron chi connectivity index (χ0n) is 60.1. The van der Waals surface area contributed by atoms with Crippen LogP contribution in [-0.2, 0) is 0 Å². The minimum atomic E-state index is -0.274.